The third-order valence-electron chi connectivity index (χ3n) is 2.83. The van der Waals surface area contributed by atoms with Crippen molar-refractivity contribution in [2.24, 2.45) is 5.92 Å². The fourth-order valence-corrected chi connectivity index (χ4v) is 1.84. The molecular formula is C12H24N2. The van der Waals surface area contributed by atoms with Gasteiger partial charge in [-0.15, -0.1) is 0 Å². The van der Waals surface area contributed by atoms with Gasteiger partial charge in [0.2, 0.25) is 0 Å². The van der Waals surface area contributed by atoms with Gasteiger partial charge in [0.05, 0.1) is 0 Å². The van der Waals surface area contributed by atoms with E-state index in [9.17, 15) is 0 Å². The van der Waals surface area contributed by atoms with Crippen LogP contribution in [0.15, 0.2) is 12.2 Å². The first kappa shape index (κ1) is 11.7. The molecule has 2 atom stereocenters. The summed E-state index contributed by atoms with van der Waals surface area (Å²) < 4.78 is 0. The van der Waals surface area contributed by atoms with Crippen LogP contribution in [0.3, 0.4) is 0 Å². The number of hydrogen-bond acceptors (Lipinski definition) is 2. The van der Waals surface area contributed by atoms with Gasteiger partial charge in [-0.3, -0.25) is 0 Å². The Balaban J connectivity index is 2.04. The highest BCUT2D eigenvalue weighted by Gasteiger charge is 2.10. The van der Waals surface area contributed by atoms with Gasteiger partial charge >= 0.3 is 0 Å². The second-order valence-corrected chi connectivity index (χ2v) is 4.27. The van der Waals surface area contributed by atoms with E-state index in [1.165, 1.54) is 25.8 Å². The Morgan fingerprint density at radius 2 is 2.29 bits per heavy atom. The lowest BCUT2D eigenvalue weighted by atomic mass is 9.94. The Morgan fingerprint density at radius 1 is 1.43 bits per heavy atom. The van der Waals surface area contributed by atoms with Crippen molar-refractivity contribution in [3.05, 3.63) is 12.2 Å². The minimum atomic E-state index is 0.598. The van der Waals surface area contributed by atoms with Gasteiger partial charge in [0.25, 0.3) is 0 Å². The Morgan fingerprint density at radius 3 is 2.93 bits per heavy atom. The smallest absolute Gasteiger partial charge is 0.0164 e. The van der Waals surface area contributed by atoms with Crippen LogP contribution in [-0.4, -0.2) is 25.7 Å². The van der Waals surface area contributed by atoms with Gasteiger partial charge in [-0.1, -0.05) is 19.1 Å². The molecule has 1 rings (SSSR count). The molecule has 0 aromatic heterocycles. The van der Waals surface area contributed by atoms with Gasteiger partial charge in [0, 0.05) is 12.6 Å². The number of hydrogen-bond donors (Lipinski definition) is 2. The molecule has 1 aliphatic carbocycles. The maximum Gasteiger partial charge on any atom is 0.0164 e. The normalized spacial score (nSPS) is 23.7. The van der Waals surface area contributed by atoms with Crippen molar-refractivity contribution < 1.29 is 0 Å². The first-order valence-electron chi connectivity index (χ1n) is 5.92. The summed E-state index contributed by atoms with van der Waals surface area (Å²) in [5, 5.41) is 6.95. The van der Waals surface area contributed by atoms with E-state index in [-0.39, 0.29) is 0 Å². The van der Waals surface area contributed by atoms with Gasteiger partial charge in [-0.25, -0.2) is 0 Å². The number of allylic oxidation sites excluding steroid dienone is 2. The molecule has 0 aromatic rings. The Labute approximate surface area is 88.2 Å². The van der Waals surface area contributed by atoms with Gasteiger partial charge in [0.1, 0.15) is 0 Å². The quantitative estimate of drug-likeness (QED) is 0.634. The maximum absolute atomic E-state index is 3.59. The monoisotopic (exact) mass is 196 g/mol. The molecule has 14 heavy (non-hydrogen) atoms. The van der Waals surface area contributed by atoms with E-state index in [0.29, 0.717) is 6.04 Å². The molecular weight excluding hydrogens is 172 g/mol. The van der Waals surface area contributed by atoms with Crippen LogP contribution in [0.2, 0.25) is 0 Å². The fourth-order valence-electron chi connectivity index (χ4n) is 1.84. The molecule has 0 heterocycles. The molecule has 0 spiro atoms. The summed E-state index contributed by atoms with van der Waals surface area (Å²) in [6, 6.07) is 0.598. The molecule has 0 saturated carbocycles. The van der Waals surface area contributed by atoms with Crippen LogP contribution in [0, 0.1) is 5.92 Å². The lowest BCUT2D eigenvalue weighted by Gasteiger charge is -2.21. The summed E-state index contributed by atoms with van der Waals surface area (Å²) in [6.45, 7) is 7.73. The molecule has 2 unspecified atom stereocenters. The predicted molar refractivity (Wildman–Crippen MR) is 62.5 cm³/mol. The SMILES string of the molecule is CCNCC(C)NCC1CC=CCC1. The summed E-state index contributed by atoms with van der Waals surface area (Å²) in [5.74, 6) is 0.865. The molecule has 82 valence electrons. The lowest BCUT2D eigenvalue weighted by molar-refractivity contribution is 0.403. The second-order valence-electron chi connectivity index (χ2n) is 4.27. The zero-order chi connectivity index (χ0) is 10.2. The molecule has 0 saturated heterocycles. The molecule has 2 heteroatoms. The Bertz CT molecular complexity index is 166. The van der Waals surface area contributed by atoms with E-state index in [4.69, 9.17) is 0 Å². The first-order valence-corrected chi connectivity index (χ1v) is 5.92. The van der Waals surface area contributed by atoms with Gasteiger partial charge in [-0.05, 0) is 45.2 Å². The zero-order valence-electron chi connectivity index (χ0n) is 9.55. The average molecular weight is 196 g/mol. The van der Waals surface area contributed by atoms with Crippen LogP contribution >= 0.6 is 0 Å². The average Bonchev–Trinajstić information content (AvgIpc) is 2.25. The highest BCUT2D eigenvalue weighted by atomic mass is 15.0. The Kier molecular flexibility index (Phi) is 5.88. The van der Waals surface area contributed by atoms with E-state index >= 15 is 0 Å². The summed E-state index contributed by atoms with van der Waals surface area (Å²) in [6.07, 6.45) is 8.52. The summed E-state index contributed by atoms with van der Waals surface area (Å²) in [7, 11) is 0. The van der Waals surface area contributed by atoms with Crippen molar-refractivity contribution in [1.82, 2.24) is 10.6 Å². The molecule has 2 N–H and O–H groups in total. The molecule has 0 bridgehead atoms. The van der Waals surface area contributed by atoms with Crippen LogP contribution in [0.25, 0.3) is 0 Å². The Hall–Kier alpha value is -0.340. The van der Waals surface area contributed by atoms with Crippen molar-refractivity contribution in [2.75, 3.05) is 19.6 Å². The number of nitrogens with one attached hydrogen (secondary N) is 2. The molecule has 0 amide bonds. The third kappa shape index (κ3) is 4.77. The minimum absolute atomic E-state index is 0.598. The van der Waals surface area contributed by atoms with E-state index in [0.717, 1.165) is 19.0 Å². The summed E-state index contributed by atoms with van der Waals surface area (Å²) in [5.41, 5.74) is 0. The van der Waals surface area contributed by atoms with Gasteiger partial charge < -0.3 is 10.6 Å². The van der Waals surface area contributed by atoms with E-state index < -0.39 is 0 Å². The zero-order valence-corrected chi connectivity index (χ0v) is 9.55. The standard InChI is InChI=1S/C12H24N2/c1-3-13-9-11(2)14-10-12-7-5-4-6-8-12/h4-5,11-14H,3,6-10H2,1-2H3. The highest BCUT2D eigenvalue weighted by Crippen LogP contribution is 2.16. The predicted octanol–water partition coefficient (Wildman–Crippen LogP) is 1.93. The minimum Gasteiger partial charge on any atom is -0.315 e. The van der Waals surface area contributed by atoms with Crippen LogP contribution in [0.1, 0.15) is 33.1 Å². The highest BCUT2D eigenvalue weighted by molar-refractivity contribution is 4.90. The largest absolute Gasteiger partial charge is 0.315 e. The van der Waals surface area contributed by atoms with Crippen LogP contribution in [0.5, 0.6) is 0 Å². The van der Waals surface area contributed by atoms with Gasteiger partial charge in [0.15, 0.2) is 0 Å². The summed E-state index contributed by atoms with van der Waals surface area (Å²) in [4.78, 5) is 0. The van der Waals surface area contributed by atoms with Crippen molar-refractivity contribution in [3.8, 4) is 0 Å². The van der Waals surface area contributed by atoms with Crippen molar-refractivity contribution in [2.45, 2.75) is 39.2 Å². The number of rotatable bonds is 6. The van der Waals surface area contributed by atoms with Gasteiger partial charge in [-0.2, -0.15) is 0 Å². The van der Waals surface area contributed by atoms with Crippen LogP contribution in [-0.2, 0) is 0 Å². The van der Waals surface area contributed by atoms with Crippen molar-refractivity contribution >= 4 is 0 Å². The van der Waals surface area contributed by atoms with E-state index in [1.54, 1.807) is 0 Å². The number of likely N-dealkylation sites (N-methyl/N-ethyl adjacent to an activating group) is 1. The fraction of sp³-hybridized carbons (Fsp3) is 0.833. The lowest BCUT2D eigenvalue weighted by Crippen LogP contribution is -2.38. The summed E-state index contributed by atoms with van der Waals surface area (Å²) >= 11 is 0. The molecule has 0 aliphatic heterocycles. The maximum atomic E-state index is 3.59. The topological polar surface area (TPSA) is 24.1 Å². The van der Waals surface area contributed by atoms with E-state index in [2.05, 4.69) is 36.6 Å². The molecule has 1 aliphatic rings. The third-order valence-corrected chi connectivity index (χ3v) is 2.83. The van der Waals surface area contributed by atoms with Crippen molar-refractivity contribution in [3.63, 3.8) is 0 Å². The second kappa shape index (κ2) is 7.02. The van der Waals surface area contributed by atoms with Crippen molar-refractivity contribution in [1.29, 1.82) is 0 Å². The van der Waals surface area contributed by atoms with E-state index in [1.807, 2.05) is 0 Å². The van der Waals surface area contributed by atoms with Crippen LogP contribution < -0.4 is 10.6 Å². The molecule has 0 aromatic carbocycles. The molecule has 2 nitrogen and oxygen atoms in total. The van der Waals surface area contributed by atoms with Crippen LogP contribution in [0.4, 0.5) is 0 Å². The first-order chi connectivity index (χ1) is 6.83. The molecule has 0 fully saturated rings. The molecule has 0 radical (unpaired) electrons.